The number of fused-ring (bicyclic) bond motifs is 3. The molecule has 4 aliphatic heterocycles. The molecule has 1 aromatic carbocycles. The average molecular weight is 711 g/mol. The highest BCUT2D eigenvalue weighted by Gasteiger charge is 2.77. The fraction of sp³-hybridized carbons (Fsp3) is 0.636. The van der Waals surface area contributed by atoms with Gasteiger partial charge in [0, 0.05) is 18.9 Å². The van der Waals surface area contributed by atoms with Gasteiger partial charge in [-0.05, 0) is 36.8 Å². The van der Waals surface area contributed by atoms with Crippen molar-refractivity contribution >= 4 is 18.0 Å². The molecule has 1 saturated carbocycles. The van der Waals surface area contributed by atoms with Gasteiger partial charge in [0.15, 0.2) is 24.8 Å². The van der Waals surface area contributed by atoms with Crippen molar-refractivity contribution in [2.75, 3.05) is 20.3 Å². The normalized spacial score (nSPS) is 43.4. The van der Waals surface area contributed by atoms with Gasteiger partial charge < -0.3 is 73.3 Å². The molecule has 17 nitrogen and oxygen atoms in total. The second kappa shape index (κ2) is 14.8. The first-order chi connectivity index (χ1) is 23.9. The molecule has 6 rings (SSSR count). The van der Waals surface area contributed by atoms with Gasteiger partial charge in [0.05, 0.1) is 44.7 Å². The molecular weight excluding hydrogens is 668 g/mol. The summed E-state index contributed by atoms with van der Waals surface area (Å²) in [4.78, 5) is 25.2. The number of aliphatic hydroxyl groups excluding tert-OH is 6. The van der Waals surface area contributed by atoms with E-state index < -0.39 is 122 Å². The lowest BCUT2D eigenvalue weighted by molar-refractivity contribution is -0.347. The zero-order chi connectivity index (χ0) is 35.9. The Bertz CT molecular complexity index is 1420. The third-order valence-electron chi connectivity index (χ3n) is 9.73. The highest BCUT2D eigenvalue weighted by molar-refractivity contribution is 5.87. The van der Waals surface area contributed by atoms with Crippen LogP contribution in [0.3, 0.4) is 0 Å². The molecule has 1 aromatic rings. The summed E-state index contributed by atoms with van der Waals surface area (Å²) >= 11 is 0. The highest BCUT2D eigenvalue weighted by Crippen LogP contribution is 2.61. The Kier molecular flexibility index (Phi) is 10.8. The fourth-order valence-electron chi connectivity index (χ4n) is 7.06. The molecule has 16 atom stereocenters. The van der Waals surface area contributed by atoms with Gasteiger partial charge in [0.2, 0.25) is 6.29 Å². The summed E-state index contributed by atoms with van der Waals surface area (Å²) in [6, 6.07) is 6.89. The zero-order valence-electron chi connectivity index (χ0n) is 27.4. The molecule has 0 spiro atoms. The first-order valence-electron chi connectivity index (χ1n) is 16.2. The lowest BCUT2D eigenvalue weighted by Crippen LogP contribution is -2.61. The van der Waals surface area contributed by atoms with Gasteiger partial charge in [0.25, 0.3) is 0 Å². The molecule has 4 heterocycles. The monoisotopic (exact) mass is 710 g/mol. The largest absolute Gasteiger partial charge is 0.497 e. The summed E-state index contributed by atoms with van der Waals surface area (Å²) < 4.78 is 51.7. The van der Waals surface area contributed by atoms with Gasteiger partial charge in [-0.2, -0.15) is 0 Å². The van der Waals surface area contributed by atoms with Crippen LogP contribution in [-0.4, -0.2) is 148 Å². The van der Waals surface area contributed by atoms with E-state index in [4.69, 9.17) is 42.6 Å². The fourth-order valence-corrected chi connectivity index (χ4v) is 7.06. The molecule has 0 bridgehead atoms. The summed E-state index contributed by atoms with van der Waals surface area (Å²) in [7, 11) is 1.53. The number of carbonyl (C=O) groups excluding carboxylic acids is 2. The topological polar surface area (TPSA) is 242 Å². The molecular formula is C33H42O17. The Balaban J connectivity index is 1.19. The minimum absolute atomic E-state index is 0.501. The first kappa shape index (κ1) is 36.6. The number of hydrogen-bond donors (Lipinski definition) is 6. The molecule has 0 amide bonds. The second-order valence-electron chi connectivity index (χ2n) is 12.8. The molecule has 50 heavy (non-hydrogen) atoms. The van der Waals surface area contributed by atoms with Crippen LogP contribution in [0.15, 0.2) is 42.7 Å². The molecule has 0 unspecified atom stereocenters. The Morgan fingerprint density at radius 3 is 2.28 bits per heavy atom. The van der Waals surface area contributed by atoms with Crippen LogP contribution in [0, 0.1) is 11.8 Å². The van der Waals surface area contributed by atoms with Crippen molar-refractivity contribution in [3.8, 4) is 5.75 Å². The maximum absolute atomic E-state index is 12.9. The van der Waals surface area contributed by atoms with E-state index in [1.54, 1.807) is 30.3 Å². The van der Waals surface area contributed by atoms with Crippen molar-refractivity contribution in [3.63, 3.8) is 0 Å². The average Bonchev–Trinajstić information content (AvgIpc) is 3.78. The Hall–Kier alpha value is -3.20. The standard InChI is InChI=1S/C33H42O17/c1-14-22(38)27(47-20(37)9-6-16-4-7-17(42-3)8-5-16)28(45-15(2)36)32(44-14)48-26-18-10-11-43-30(21(18)33(13-35)29(26)50-33)49-31-25(41)24(40)23(39)19(12-34)46-31/h4-11,14,18-19,21-32,34-35,38-41H,12-13H2,1-3H3/b9-6-/t14-,18+,19+,21+,22-,23+,24-,25+,26-,27+,28+,29-,30-,31-,32-,33+/m0/s1. The van der Waals surface area contributed by atoms with E-state index in [0.717, 1.165) is 13.0 Å². The summed E-state index contributed by atoms with van der Waals surface area (Å²) in [6.45, 7) is 1.50. The minimum atomic E-state index is -1.71. The summed E-state index contributed by atoms with van der Waals surface area (Å²) in [6.07, 6.45) is -11.6. The molecule has 3 saturated heterocycles. The van der Waals surface area contributed by atoms with Crippen LogP contribution in [-0.2, 0) is 47.5 Å². The van der Waals surface area contributed by atoms with E-state index in [1.165, 1.54) is 26.4 Å². The van der Waals surface area contributed by atoms with Crippen LogP contribution in [0.4, 0.5) is 0 Å². The van der Waals surface area contributed by atoms with Gasteiger partial charge >= 0.3 is 11.9 Å². The van der Waals surface area contributed by atoms with Gasteiger partial charge in [-0.15, -0.1) is 0 Å². The van der Waals surface area contributed by atoms with E-state index in [9.17, 15) is 40.2 Å². The van der Waals surface area contributed by atoms with Gasteiger partial charge in [0.1, 0.15) is 48.0 Å². The van der Waals surface area contributed by atoms with Gasteiger partial charge in [-0.3, -0.25) is 4.79 Å². The zero-order valence-corrected chi connectivity index (χ0v) is 27.4. The number of ether oxygens (including phenoxy) is 9. The molecule has 276 valence electrons. The maximum Gasteiger partial charge on any atom is 0.331 e. The number of hydrogen-bond acceptors (Lipinski definition) is 17. The maximum atomic E-state index is 12.9. The molecule has 4 fully saturated rings. The van der Waals surface area contributed by atoms with E-state index in [1.807, 2.05) is 0 Å². The van der Waals surface area contributed by atoms with Crippen molar-refractivity contribution in [2.45, 2.75) is 99.4 Å². The highest BCUT2D eigenvalue weighted by atomic mass is 16.8. The third kappa shape index (κ3) is 6.88. The quantitative estimate of drug-likeness (QED) is 0.0835. The molecule has 17 heteroatoms. The summed E-state index contributed by atoms with van der Waals surface area (Å²) in [5.74, 6) is -2.34. The molecule has 0 radical (unpaired) electrons. The predicted molar refractivity (Wildman–Crippen MR) is 163 cm³/mol. The lowest BCUT2D eigenvalue weighted by Gasteiger charge is -2.44. The van der Waals surface area contributed by atoms with Crippen molar-refractivity contribution in [2.24, 2.45) is 11.8 Å². The van der Waals surface area contributed by atoms with Crippen molar-refractivity contribution < 1.29 is 82.9 Å². The van der Waals surface area contributed by atoms with E-state index in [0.29, 0.717) is 11.3 Å². The number of benzene rings is 1. The van der Waals surface area contributed by atoms with Crippen LogP contribution < -0.4 is 4.74 Å². The number of carbonyl (C=O) groups is 2. The van der Waals surface area contributed by atoms with Crippen LogP contribution in [0.2, 0.25) is 0 Å². The number of methoxy groups -OCH3 is 1. The minimum Gasteiger partial charge on any atom is -0.497 e. The first-order valence-corrected chi connectivity index (χ1v) is 16.2. The van der Waals surface area contributed by atoms with Crippen LogP contribution in [0.1, 0.15) is 19.4 Å². The van der Waals surface area contributed by atoms with Crippen LogP contribution >= 0.6 is 0 Å². The number of epoxide rings is 1. The summed E-state index contributed by atoms with van der Waals surface area (Å²) in [5.41, 5.74) is -0.583. The molecule has 5 aliphatic rings. The smallest absolute Gasteiger partial charge is 0.331 e. The summed E-state index contributed by atoms with van der Waals surface area (Å²) in [5, 5.41) is 62.1. The molecule has 1 aliphatic carbocycles. The predicted octanol–water partition coefficient (Wildman–Crippen LogP) is -1.89. The lowest BCUT2D eigenvalue weighted by atomic mass is 9.85. The van der Waals surface area contributed by atoms with Crippen molar-refractivity contribution in [1.82, 2.24) is 0 Å². The van der Waals surface area contributed by atoms with Crippen LogP contribution in [0.25, 0.3) is 6.08 Å². The Morgan fingerprint density at radius 2 is 1.62 bits per heavy atom. The number of aliphatic hydroxyl groups is 6. The number of esters is 2. The molecule has 0 aromatic heterocycles. The van der Waals surface area contributed by atoms with E-state index in [2.05, 4.69) is 0 Å². The van der Waals surface area contributed by atoms with Gasteiger partial charge in [-0.25, -0.2) is 4.79 Å². The number of rotatable bonds is 11. The van der Waals surface area contributed by atoms with Crippen molar-refractivity contribution in [1.29, 1.82) is 0 Å². The SMILES string of the molecule is COc1ccc(/C=C\C(=O)O[C@@H]2[C@@H](O)[C@H](C)O[C@@H](O[C@H]3[C@@H]4C=CO[C@@H](O[C@@H]5O[C@H](CO)[C@@H](O)[C@H](O)[C@H]5O)[C@@H]4[C@@]4(CO)O[C@@H]34)[C@@H]2OC(C)=O)cc1. The Labute approximate surface area is 286 Å². The molecule has 6 N–H and O–H groups in total. The van der Waals surface area contributed by atoms with E-state index in [-0.39, 0.29) is 0 Å². The second-order valence-corrected chi connectivity index (χ2v) is 12.8. The van der Waals surface area contributed by atoms with E-state index >= 15 is 0 Å². The van der Waals surface area contributed by atoms with Crippen LogP contribution in [0.5, 0.6) is 5.75 Å². The third-order valence-corrected chi connectivity index (χ3v) is 9.73. The Morgan fingerprint density at radius 1 is 0.880 bits per heavy atom. The van der Waals surface area contributed by atoms with Crippen molar-refractivity contribution in [3.05, 3.63) is 48.2 Å². The van der Waals surface area contributed by atoms with Gasteiger partial charge in [-0.1, -0.05) is 12.1 Å².